The minimum atomic E-state index is -1.47. The van der Waals surface area contributed by atoms with Crippen molar-refractivity contribution in [3.63, 3.8) is 0 Å². The van der Waals surface area contributed by atoms with Crippen LogP contribution in [0.3, 0.4) is 0 Å². The molecular formula is C24H21IN2O7. The van der Waals surface area contributed by atoms with E-state index in [0.717, 1.165) is 15.7 Å². The SMILES string of the molecule is Cc1ccc(C(=O)n2c(=O)c(I)cn([C@@H]3CO[C@H](C(=O)C(O)c4ccc(C)cc4)O3)c2=O)cc1. The maximum Gasteiger partial charge on any atom is 0.340 e. The van der Waals surface area contributed by atoms with Gasteiger partial charge in [-0.15, -0.1) is 0 Å². The van der Waals surface area contributed by atoms with Gasteiger partial charge in [0.25, 0.3) is 11.5 Å². The molecule has 3 aromatic rings. The van der Waals surface area contributed by atoms with Crippen LogP contribution in [-0.2, 0) is 14.3 Å². The molecule has 1 unspecified atom stereocenters. The molecule has 9 nitrogen and oxygen atoms in total. The number of aliphatic hydroxyl groups excluding tert-OH is 1. The number of aromatic nitrogens is 2. The molecule has 2 aromatic carbocycles. The lowest BCUT2D eigenvalue weighted by molar-refractivity contribution is -0.157. The van der Waals surface area contributed by atoms with Gasteiger partial charge in [0, 0.05) is 11.8 Å². The summed E-state index contributed by atoms with van der Waals surface area (Å²) in [4.78, 5) is 51.4. The van der Waals surface area contributed by atoms with Crippen LogP contribution < -0.4 is 11.2 Å². The van der Waals surface area contributed by atoms with Crippen LogP contribution in [-0.4, -0.2) is 38.8 Å². The van der Waals surface area contributed by atoms with Crippen molar-refractivity contribution < 1.29 is 24.2 Å². The van der Waals surface area contributed by atoms with E-state index in [1.54, 1.807) is 59.0 Å². The number of carbonyl (C=O) groups excluding carboxylic acids is 2. The van der Waals surface area contributed by atoms with E-state index in [-0.39, 0.29) is 15.7 Å². The molecular weight excluding hydrogens is 555 g/mol. The molecule has 1 fully saturated rings. The molecule has 3 atom stereocenters. The number of hydrogen-bond donors (Lipinski definition) is 1. The average molecular weight is 576 g/mol. The van der Waals surface area contributed by atoms with Gasteiger partial charge in [-0.25, -0.2) is 4.79 Å². The zero-order chi connectivity index (χ0) is 24.6. The molecule has 0 amide bonds. The normalized spacial score (nSPS) is 18.6. The quantitative estimate of drug-likeness (QED) is 0.463. The lowest BCUT2D eigenvalue weighted by atomic mass is 10.0. The first-order valence-corrected chi connectivity index (χ1v) is 11.5. The molecule has 1 aliphatic heterocycles. The third-order valence-corrected chi connectivity index (χ3v) is 6.19. The maximum atomic E-state index is 13.1. The number of ether oxygens (including phenoxy) is 2. The van der Waals surface area contributed by atoms with Gasteiger partial charge < -0.3 is 14.6 Å². The Bertz CT molecular complexity index is 1360. The summed E-state index contributed by atoms with van der Waals surface area (Å²) >= 11 is 1.73. The van der Waals surface area contributed by atoms with Crippen LogP contribution in [0.15, 0.2) is 64.3 Å². The van der Waals surface area contributed by atoms with Crippen molar-refractivity contribution in [2.24, 2.45) is 0 Å². The van der Waals surface area contributed by atoms with Crippen LogP contribution in [0.25, 0.3) is 0 Å². The minimum absolute atomic E-state index is 0.107. The van der Waals surface area contributed by atoms with Gasteiger partial charge in [0.15, 0.2) is 6.23 Å². The highest BCUT2D eigenvalue weighted by Gasteiger charge is 2.37. The zero-order valence-corrected chi connectivity index (χ0v) is 20.5. The molecule has 0 aliphatic carbocycles. The van der Waals surface area contributed by atoms with Crippen molar-refractivity contribution in [2.75, 3.05) is 6.61 Å². The summed E-state index contributed by atoms with van der Waals surface area (Å²) in [6, 6.07) is 13.3. The van der Waals surface area contributed by atoms with Crippen molar-refractivity contribution in [3.8, 4) is 0 Å². The highest BCUT2D eigenvalue weighted by molar-refractivity contribution is 14.1. The topological polar surface area (TPSA) is 117 Å². The van der Waals surface area contributed by atoms with Crippen molar-refractivity contribution >= 4 is 34.3 Å². The molecule has 1 saturated heterocycles. The summed E-state index contributed by atoms with van der Waals surface area (Å²) in [6.07, 6.45) is -2.71. The molecule has 1 aliphatic rings. The molecule has 1 aromatic heterocycles. The van der Waals surface area contributed by atoms with Gasteiger partial charge in [0.2, 0.25) is 12.1 Å². The van der Waals surface area contributed by atoms with E-state index >= 15 is 0 Å². The summed E-state index contributed by atoms with van der Waals surface area (Å²) in [5.74, 6) is -1.50. The second kappa shape index (κ2) is 9.74. The lowest BCUT2D eigenvalue weighted by Crippen LogP contribution is -2.46. The molecule has 1 N–H and O–H groups in total. The number of ketones is 1. The van der Waals surface area contributed by atoms with Gasteiger partial charge >= 0.3 is 5.69 Å². The van der Waals surface area contributed by atoms with Crippen molar-refractivity contribution in [2.45, 2.75) is 32.5 Å². The fourth-order valence-corrected chi connectivity index (χ4v) is 4.02. The second-order valence-corrected chi connectivity index (χ2v) is 9.11. The Morgan fingerprint density at radius 2 is 1.62 bits per heavy atom. The number of aliphatic hydroxyl groups is 1. The van der Waals surface area contributed by atoms with Crippen LogP contribution >= 0.6 is 22.6 Å². The number of Topliss-reactive ketones (excluding diaryl/α,β-unsaturated/α-hetero) is 1. The van der Waals surface area contributed by atoms with Gasteiger partial charge in [-0.05, 0) is 54.1 Å². The van der Waals surface area contributed by atoms with E-state index in [2.05, 4.69) is 0 Å². The van der Waals surface area contributed by atoms with Crippen molar-refractivity contribution in [1.82, 2.24) is 9.13 Å². The zero-order valence-electron chi connectivity index (χ0n) is 18.3. The lowest BCUT2D eigenvalue weighted by Gasteiger charge is -2.17. The Morgan fingerprint density at radius 1 is 1.03 bits per heavy atom. The first kappa shape index (κ1) is 24.2. The van der Waals surface area contributed by atoms with Crippen LogP contribution in [0.5, 0.6) is 0 Å². The number of nitrogens with zero attached hydrogens (tertiary/aromatic N) is 2. The van der Waals surface area contributed by atoms with E-state index < -0.39 is 41.6 Å². The molecule has 34 heavy (non-hydrogen) atoms. The second-order valence-electron chi connectivity index (χ2n) is 7.95. The van der Waals surface area contributed by atoms with E-state index in [1.807, 2.05) is 13.8 Å². The van der Waals surface area contributed by atoms with E-state index in [0.29, 0.717) is 10.1 Å². The summed E-state index contributed by atoms with van der Waals surface area (Å²) in [6.45, 7) is 3.54. The predicted octanol–water partition coefficient (Wildman–Crippen LogP) is 2.09. The first-order chi connectivity index (χ1) is 16.2. The number of aryl methyl sites for hydroxylation is 2. The van der Waals surface area contributed by atoms with Gasteiger partial charge in [-0.2, -0.15) is 4.57 Å². The standard InChI is InChI=1S/C24H21IN2O7/c1-13-3-7-15(8-4-13)19(28)20(29)23-33-12-18(34-23)26-11-17(25)22(31)27(24(26)32)21(30)16-9-5-14(2)6-10-16/h3-11,18-19,23,28H,12H2,1-2H3/t18-,19?,23-/m0/s1. The minimum Gasteiger partial charge on any atom is -0.380 e. The fourth-order valence-electron chi connectivity index (χ4n) is 3.48. The Kier molecular flexibility index (Phi) is 6.94. The number of carbonyl (C=O) groups is 2. The highest BCUT2D eigenvalue weighted by atomic mass is 127. The Labute approximate surface area is 207 Å². The molecule has 176 valence electrons. The fraction of sp³-hybridized carbons (Fsp3) is 0.250. The van der Waals surface area contributed by atoms with E-state index in [4.69, 9.17) is 9.47 Å². The van der Waals surface area contributed by atoms with Crippen LogP contribution in [0.2, 0.25) is 0 Å². The first-order valence-electron chi connectivity index (χ1n) is 10.4. The van der Waals surface area contributed by atoms with Crippen LogP contribution in [0.1, 0.15) is 39.4 Å². The van der Waals surface area contributed by atoms with Crippen molar-refractivity contribution in [3.05, 3.63) is 101 Å². The number of halogens is 1. The Hall–Kier alpha value is -2.93. The van der Waals surface area contributed by atoms with E-state index in [1.165, 1.54) is 18.3 Å². The Balaban J connectivity index is 1.60. The molecule has 2 heterocycles. The molecule has 0 spiro atoms. The number of hydrogen-bond acceptors (Lipinski definition) is 7. The third-order valence-electron chi connectivity index (χ3n) is 5.45. The summed E-state index contributed by atoms with van der Waals surface area (Å²) in [7, 11) is 0. The molecule has 4 rings (SSSR count). The van der Waals surface area contributed by atoms with Gasteiger partial charge in [0.05, 0.1) is 10.2 Å². The third kappa shape index (κ3) is 4.67. The summed E-state index contributed by atoms with van der Waals surface area (Å²) < 4.78 is 12.7. The smallest absolute Gasteiger partial charge is 0.340 e. The summed E-state index contributed by atoms with van der Waals surface area (Å²) in [5.41, 5.74) is 0.780. The van der Waals surface area contributed by atoms with Gasteiger partial charge in [0.1, 0.15) is 6.10 Å². The molecule has 0 saturated carbocycles. The largest absolute Gasteiger partial charge is 0.380 e. The maximum absolute atomic E-state index is 13.1. The monoisotopic (exact) mass is 576 g/mol. The summed E-state index contributed by atoms with van der Waals surface area (Å²) in [5, 5.41) is 10.4. The molecule has 0 bridgehead atoms. The number of rotatable bonds is 5. The van der Waals surface area contributed by atoms with Gasteiger partial charge in [-0.3, -0.25) is 19.0 Å². The number of benzene rings is 2. The predicted molar refractivity (Wildman–Crippen MR) is 130 cm³/mol. The average Bonchev–Trinajstić information content (AvgIpc) is 3.31. The highest BCUT2D eigenvalue weighted by Crippen LogP contribution is 2.25. The van der Waals surface area contributed by atoms with E-state index in [9.17, 15) is 24.3 Å². The van der Waals surface area contributed by atoms with Gasteiger partial charge in [-0.1, -0.05) is 47.5 Å². The van der Waals surface area contributed by atoms with Crippen LogP contribution in [0.4, 0.5) is 0 Å². The molecule has 10 heteroatoms. The molecule has 0 radical (unpaired) electrons. The Morgan fingerprint density at radius 3 is 2.24 bits per heavy atom. The van der Waals surface area contributed by atoms with Crippen molar-refractivity contribution in [1.29, 1.82) is 0 Å². The van der Waals surface area contributed by atoms with Crippen LogP contribution in [0, 0.1) is 17.4 Å².